The van der Waals surface area contributed by atoms with Crippen LogP contribution in [-0.2, 0) is 11.2 Å². The van der Waals surface area contributed by atoms with Gasteiger partial charge in [0.05, 0.1) is 11.1 Å². The Kier molecular flexibility index (Phi) is 14.5. The van der Waals surface area contributed by atoms with Gasteiger partial charge >= 0.3 is 0 Å². The van der Waals surface area contributed by atoms with Crippen LogP contribution in [0.5, 0.6) is 0 Å². The Bertz CT molecular complexity index is 479. The molecule has 0 aromatic carbocycles. The van der Waals surface area contributed by atoms with E-state index in [1.165, 1.54) is 5.01 Å². The first-order valence-corrected chi connectivity index (χ1v) is 9.91. The van der Waals surface area contributed by atoms with Gasteiger partial charge in [0, 0.05) is 37.8 Å². The SMILES string of the molecule is CCOC(CCNC(=NC)NCCCCc1nc(C)cs1)C(C)C.I. The summed E-state index contributed by atoms with van der Waals surface area (Å²) < 4.78 is 5.77. The molecule has 0 aliphatic rings. The molecule has 0 saturated carbocycles. The molecule has 2 N–H and O–H groups in total. The van der Waals surface area contributed by atoms with Gasteiger partial charge in [-0.3, -0.25) is 4.99 Å². The van der Waals surface area contributed by atoms with Crippen molar-refractivity contribution in [3.8, 4) is 0 Å². The van der Waals surface area contributed by atoms with E-state index in [1.54, 1.807) is 11.3 Å². The summed E-state index contributed by atoms with van der Waals surface area (Å²) in [7, 11) is 1.82. The number of aliphatic imine (C=N–C) groups is 1. The first-order valence-electron chi connectivity index (χ1n) is 9.03. The van der Waals surface area contributed by atoms with Crippen LogP contribution in [0.25, 0.3) is 0 Å². The monoisotopic (exact) mass is 482 g/mol. The van der Waals surface area contributed by atoms with Crippen molar-refractivity contribution in [3.63, 3.8) is 0 Å². The van der Waals surface area contributed by atoms with Crippen molar-refractivity contribution in [2.75, 3.05) is 26.7 Å². The highest BCUT2D eigenvalue weighted by Crippen LogP contribution is 2.11. The van der Waals surface area contributed by atoms with Gasteiger partial charge in [0.15, 0.2) is 5.96 Å². The van der Waals surface area contributed by atoms with Crippen LogP contribution in [0.15, 0.2) is 10.4 Å². The summed E-state index contributed by atoms with van der Waals surface area (Å²) in [6.07, 6.45) is 4.64. The molecule has 1 atom stereocenters. The van der Waals surface area contributed by atoms with Crippen molar-refractivity contribution in [1.82, 2.24) is 15.6 Å². The number of nitrogens with one attached hydrogen (secondary N) is 2. The molecule has 0 amide bonds. The lowest BCUT2D eigenvalue weighted by Gasteiger charge is -2.21. The van der Waals surface area contributed by atoms with E-state index in [2.05, 4.69) is 46.8 Å². The number of unbranched alkanes of at least 4 members (excludes halogenated alkanes) is 1. The lowest BCUT2D eigenvalue weighted by molar-refractivity contribution is 0.0258. The molecule has 0 saturated heterocycles. The molecule has 146 valence electrons. The molecule has 1 aromatic heterocycles. The van der Waals surface area contributed by atoms with Crippen LogP contribution in [0, 0.1) is 12.8 Å². The zero-order valence-corrected chi connectivity index (χ0v) is 19.4. The summed E-state index contributed by atoms with van der Waals surface area (Å²) in [6.45, 7) is 11.1. The quantitative estimate of drug-likeness (QED) is 0.217. The number of thiazole rings is 1. The summed E-state index contributed by atoms with van der Waals surface area (Å²) in [6, 6.07) is 0. The zero-order chi connectivity index (χ0) is 17.8. The van der Waals surface area contributed by atoms with E-state index in [1.807, 2.05) is 14.0 Å². The second-order valence-electron chi connectivity index (χ2n) is 6.29. The van der Waals surface area contributed by atoms with Crippen LogP contribution in [0.2, 0.25) is 0 Å². The van der Waals surface area contributed by atoms with Gasteiger partial charge < -0.3 is 15.4 Å². The first-order chi connectivity index (χ1) is 11.6. The van der Waals surface area contributed by atoms with E-state index in [9.17, 15) is 0 Å². The third-order valence-electron chi connectivity index (χ3n) is 3.85. The fraction of sp³-hybridized carbons (Fsp3) is 0.778. The minimum Gasteiger partial charge on any atom is -0.378 e. The molecule has 1 heterocycles. The largest absolute Gasteiger partial charge is 0.378 e. The summed E-state index contributed by atoms with van der Waals surface area (Å²) in [5, 5.41) is 10.1. The average molecular weight is 482 g/mol. The second kappa shape index (κ2) is 14.7. The lowest BCUT2D eigenvalue weighted by atomic mass is 10.0. The molecule has 0 radical (unpaired) electrons. The summed E-state index contributed by atoms with van der Waals surface area (Å²) in [4.78, 5) is 8.77. The molecule has 0 fully saturated rings. The van der Waals surface area contributed by atoms with Gasteiger partial charge in [-0.05, 0) is 45.4 Å². The Morgan fingerprint density at radius 2 is 2.00 bits per heavy atom. The number of ether oxygens (including phenoxy) is 1. The third-order valence-corrected chi connectivity index (χ3v) is 4.87. The molecule has 0 aliphatic carbocycles. The molecule has 5 nitrogen and oxygen atoms in total. The standard InChI is InChI=1S/C18H34N4OS.HI/c1-6-23-16(14(2)3)10-12-21-18(19-5)20-11-8-7-9-17-22-15(4)13-24-17;/h13-14,16H,6-12H2,1-5H3,(H2,19,20,21);1H. The molecule has 7 heteroatoms. The Hall–Kier alpha value is -0.410. The van der Waals surface area contributed by atoms with Crippen molar-refractivity contribution < 1.29 is 4.74 Å². The minimum atomic E-state index is 0. The van der Waals surface area contributed by atoms with E-state index in [-0.39, 0.29) is 24.0 Å². The Morgan fingerprint density at radius 1 is 1.28 bits per heavy atom. The Morgan fingerprint density at radius 3 is 2.56 bits per heavy atom. The fourth-order valence-electron chi connectivity index (χ4n) is 2.50. The number of rotatable bonds is 11. The molecule has 1 aromatic rings. The maximum absolute atomic E-state index is 5.77. The van der Waals surface area contributed by atoms with E-state index in [0.717, 1.165) is 57.0 Å². The van der Waals surface area contributed by atoms with Crippen LogP contribution >= 0.6 is 35.3 Å². The highest BCUT2D eigenvalue weighted by atomic mass is 127. The average Bonchev–Trinajstić information content (AvgIpc) is 2.97. The summed E-state index contributed by atoms with van der Waals surface area (Å²) >= 11 is 1.76. The number of aryl methyl sites for hydroxylation is 2. The predicted octanol–water partition coefficient (Wildman–Crippen LogP) is 4.01. The van der Waals surface area contributed by atoms with Crippen molar-refractivity contribution >= 4 is 41.3 Å². The smallest absolute Gasteiger partial charge is 0.190 e. The van der Waals surface area contributed by atoms with Crippen molar-refractivity contribution in [2.24, 2.45) is 10.9 Å². The number of halogens is 1. The first kappa shape index (κ1) is 24.6. The topological polar surface area (TPSA) is 58.5 Å². The van der Waals surface area contributed by atoms with Gasteiger partial charge in [-0.15, -0.1) is 35.3 Å². The molecular weight excluding hydrogens is 447 g/mol. The minimum absolute atomic E-state index is 0. The van der Waals surface area contributed by atoms with Gasteiger partial charge in [0.2, 0.25) is 0 Å². The predicted molar refractivity (Wildman–Crippen MR) is 119 cm³/mol. The van der Waals surface area contributed by atoms with Crippen LogP contribution in [0.1, 0.15) is 50.7 Å². The highest BCUT2D eigenvalue weighted by Gasteiger charge is 2.12. The number of aromatic nitrogens is 1. The molecule has 0 bridgehead atoms. The van der Waals surface area contributed by atoms with E-state index >= 15 is 0 Å². The van der Waals surface area contributed by atoms with Crippen LogP contribution in [0.3, 0.4) is 0 Å². The summed E-state index contributed by atoms with van der Waals surface area (Å²) in [5.41, 5.74) is 1.13. The number of hydrogen-bond donors (Lipinski definition) is 2. The number of nitrogens with zero attached hydrogens (tertiary/aromatic N) is 2. The van der Waals surface area contributed by atoms with Gasteiger partial charge in [-0.25, -0.2) is 4.98 Å². The number of hydrogen-bond acceptors (Lipinski definition) is 4. The van der Waals surface area contributed by atoms with Crippen molar-refractivity contribution in [2.45, 2.75) is 59.5 Å². The normalized spacial score (nSPS) is 12.8. The van der Waals surface area contributed by atoms with E-state index < -0.39 is 0 Å². The number of guanidine groups is 1. The van der Waals surface area contributed by atoms with Gasteiger partial charge in [0.25, 0.3) is 0 Å². The van der Waals surface area contributed by atoms with E-state index in [4.69, 9.17) is 4.74 Å². The molecular formula is C18H35IN4OS. The third kappa shape index (κ3) is 11.0. The van der Waals surface area contributed by atoms with Crippen LogP contribution in [-0.4, -0.2) is 43.8 Å². The van der Waals surface area contributed by atoms with Gasteiger partial charge in [-0.2, -0.15) is 0 Å². The molecule has 1 unspecified atom stereocenters. The van der Waals surface area contributed by atoms with Crippen molar-refractivity contribution in [1.29, 1.82) is 0 Å². The lowest BCUT2D eigenvalue weighted by Crippen LogP contribution is -2.39. The molecule has 0 aliphatic heterocycles. The molecule has 1 rings (SSSR count). The second-order valence-corrected chi connectivity index (χ2v) is 7.23. The molecule has 25 heavy (non-hydrogen) atoms. The zero-order valence-electron chi connectivity index (χ0n) is 16.3. The maximum Gasteiger partial charge on any atom is 0.190 e. The molecule has 0 spiro atoms. The van der Waals surface area contributed by atoms with Gasteiger partial charge in [0.1, 0.15) is 0 Å². The Labute approximate surface area is 174 Å². The van der Waals surface area contributed by atoms with Crippen LogP contribution in [0.4, 0.5) is 0 Å². The highest BCUT2D eigenvalue weighted by molar-refractivity contribution is 14.0. The Balaban J connectivity index is 0.00000576. The van der Waals surface area contributed by atoms with E-state index in [0.29, 0.717) is 12.0 Å². The summed E-state index contributed by atoms with van der Waals surface area (Å²) in [5.74, 6) is 1.41. The maximum atomic E-state index is 5.77. The van der Waals surface area contributed by atoms with Crippen LogP contribution < -0.4 is 10.6 Å². The fourth-order valence-corrected chi connectivity index (χ4v) is 3.32. The van der Waals surface area contributed by atoms with Crippen molar-refractivity contribution in [3.05, 3.63) is 16.1 Å². The van der Waals surface area contributed by atoms with Gasteiger partial charge in [-0.1, -0.05) is 13.8 Å².